The van der Waals surface area contributed by atoms with Crippen LogP contribution in [0.15, 0.2) is 30.3 Å². The summed E-state index contributed by atoms with van der Waals surface area (Å²) in [5.74, 6) is 0.766. The number of hydrogen-bond donors (Lipinski definition) is 0. The van der Waals surface area contributed by atoms with Crippen LogP contribution in [-0.2, 0) is 14.5 Å². The number of benzene rings is 1. The topological polar surface area (TPSA) is 27.7 Å². The van der Waals surface area contributed by atoms with Crippen molar-refractivity contribution < 1.29 is 14.5 Å². The van der Waals surface area contributed by atoms with Gasteiger partial charge in [0.05, 0.1) is 6.61 Å². The Morgan fingerprint density at radius 3 is 2.43 bits per heavy atom. The first-order valence-electron chi connectivity index (χ1n) is 8.03. The first-order chi connectivity index (χ1) is 10.3. The predicted octanol–water partition coefficient (Wildman–Crippen LogP) is 4.44. The fraction of sp³-hybridized carbons (Fsp3) is 0.556. The third-order valence-corrected chi connectivity index (χ3v) is 4.33. The molecule has 2 fully saturated rings. The van der Waals surface area contributed by atoms with Gasteiger partial charge in [-0.25, -0.2) is 9.78 Å². The molecule has 1 heterocycles. The summed E-state index contributed by atoms with van der Waals surface area (Å²) in [5.41, 5.74) is 2.68. The van der Waals surface area contributed by atoms with E-state index in [9.17, 15) is 0 Å². The van der Waals surface area contributed by atoms with Crippen molar-refractivity contribution in [2.24, 2.45) is 0 Å². The Hall–Kier alpha value is -1.16. The molecule has 0 radical (unpaired) electrons. The van der Waals surface area contributed by atoms with Gasteiger partial charge in [0.25, 0.3) is 0 Å². The second-order valence-electron chi connectivity index (χ2n) is 5.99. The van der Waals surface area contributed by atoms with E-state index in [4.69, 9.17) is 14.5 Å². The van der Waals surface area contributed by atoms with E-state index >= 15 is 0 Å². The van der Waals surface area contributed by atoms with Crippen LogP contribution >= 0.6 is 0 Å². The van der Waals surface area contributed by atoms with E-state index in [0.29, 0.717) is 6.61 Å². The van der Waals surface area contributed by atoms with Gasteiger partial charge in [-0.3, -0.25) is 0 Å². The highest BCUT2D eigenvalue weighted by Crippen LogP contribution is 2.32. The molecule has 3 rings (SSSR count). The number of rotatable bonds is 3. The van der Waals surface area contributed by atoms with Gasteiger partial charge < -0.3 is 4.74 Å². The van der Waals surface area contributed by atoms with Crippen LogP contribution in [0.4, 0.5) is 0 Å². The second-order valence-corrected chi connectivity index (χ2v) is 5.99. The highest BCUT2D eigenvalue weighted by Gasteiger charge is 2.18. The SMILES string of the molecule is CC1OCC(/C=C/c2ccc(C3CCCCC3)cc2)OO1. The molecule has 2 unspecified atom stereocenters. The summed E-state index contributed by atoms with van der Waals surface area (Å²) >= 11 is 0. The zero-order chi connectivity index (χ0) is 14.5. The fourth-order valence-electron chi connectivity index (χ4n) is 3.06. The van der Waals surface area contributed by atoms with Gasteiger partial charge in [0.2, 0.25) is 0 Å². The van der Waals surface area contributed by atoms with Crippen molar-refractivity contribution >= 4 is 6.08 Å². The van der Waals surface area contributed by atoms with Crippen LogP contribution in [0.3, 0.4) is 0 Å². The molecule has 1 aliphatic carbocycles. The molecule has 2 aliphatic rings. The molecule has 3 nitrogen and oxygen atoms in total. The third-order valence-electron chi connectivity index (χ3n) is 4.33. The van der Waals surface area contributed by atoms with E-state index in [2.05, 4.69) is 30.3 Å². The van der Waals surface area contributed by atoms with Crippen LogP contribution < -0.4 is 0 Å². The van der Waals surface area contributed by atoms with Gasteiger partial charge in [0, 0.05) is 0 Å². The minimum absolute atomic E-state index is 0.126. The lowest BCUT2D eigenvalue weighted by molar-refractivity contribution is -0.427. The highest BCUT2D eigenvalue weighted by molar-refractivity contribution is 5.50. The molecular formula is C18H24O3. The maximum Gasteiger partial charge on any atom is 0.188 e. The molecule has 0 bridgehead atoms. The van der Waals surface area contributed by atoms with E-state index in [1.54, 1.807) is 0 Å². The lowest BCUT2D eigenvalue weighted by Crippen LogP contribution is -2.30. The largest absolute Gasteiger partial charge is 0.347 e. The summed E-state index contributed by atoms with van der Waals surface area (Å²) in [5, 5.41) is 0. The van der Waals surface area contributed by atoms with Crippen molar-refractivity contribution in [2.45, 2.75) is 57.3 Å². The molecule has 0 amide bonds. The normalized spacial score (nSPS) is 28.0. The molecule has 21 heavy (non-hydrogen) atoms. The Morgan fingerprint density at radius 2 is 1.76 bits per heavy atom. The summed E-state index contributed by atoms with van der Waals surface area (Å²) in [6, 6.07) is 8.92. The van der Waals surface area contributed by atoms with Crippen LogP contribution in [0.1, 0.15) is 56.1 Å². The predicted molar refractivity (Wildman–Crippen MR) is 82.7 cm³/mol. The molecule has 0 spiro atoms. The van der Waals surface area contributed by atoms with Crippen LogP contribution in [0.2, 0.25) is 0 Å². The Balaban J connectivity index is 1.56. The van der Waals surface area contributed by atoms with Crippen LogP contribution in [0.25, 0.3) is 6.08 Å². The monoisotopic (exact) mass is 288 g/mol. The average Bonchev–Trinajstić information content (AvgIpc) is 2.56. The minimum Gasteiger partial charge on any atom is -0.347 e. The number of ether oxygens (including phenoxy) is 1. The van der Waals surface area contributed by atoms with Crippen molar-refractivity contribution in [1.29, 1.82) is 0 Å². The van der Waals surface area contributed by atoms with E-state index in [1.807, 2.05) is 13.0 Å². The first-order valence-corrected chi connectivity index (χ1v) is 8.03. The summed E-state index contributed by atoms with van der Waals surface area (Å²) in [6.45, 7) is 2.36. The summed E-state index contributed by atoms with van der Waals surface area (Å²) in [4.78, 5) is 10.2. The van der Waals surface area contributed by atoms with Gasteiger partial charge in [-0.05, 0) is 42.9 Å². The van der Waals surface area contributed by atoms with Crippen molar-refractivity contribution in [2.75, 3.05) is 6.61 Å². The Labute approximate surface area is 126 Å². The van der Waals surface area contributed by atoms with Crippen molar-refractivity contribution in [1.82, 2.24) is 0 Å². The molecule has 0 aromatic heterocycles. The molecule has 3 heteroatoms. The third kappa shape index (κ3) is 4.16. The molecular weight excluding hydrogens is 264 g/mol. The van der Waals surface area contributed by atoms with Gasteiger partial charge in [-0.1, -0.05) is 49.6 Å². The minimum atomic E-state index is -0.274. The molecule has 1 aromatic carbocycles. The summed E-state index contributed by atoms with van der Waals surface area (Å²) in [6.07, 6.45) is 10.5. The summed E-state index contributed by atoms with van der Waals surface area (Å²) < 4.78 is 5.38. The van der Waals surface area contributed by atoms with E-state index in [1.165, 1.54) is 43.2 Å². The fourth-order valence-corrected chi connectivity index (χ4v) is 3.06. The highest BCUT2D eigenvalue weighted by atomic mass is 17.2. The Bertz CT molecular complexity index is 452. The standard InChI is InChI=1S/C18H24O3/c1-14-19-13-18(21-20-14)12-9-15-7-10-17(11-8-15)16-5-3-2-4-6-16/h7-12,14,16,18H,2-6,13H2,1H3/b12-9+. The van der Waals surface area contributed by atoms with Crippen molar-refractivity contribution in [3.05, 3.63) is 41.5 Å². The van der Waals surface area contributed by atoms with Gasteiger partial charge in [-0.2, -0.15) is 0 Å². The maximum atomic E-state index is 5.38. The quantitative estimate of drug-likeness (QED) is 0.770. The van der Waals surface area contributed by atoms with Gasteiger partial charge in [0.15, 0.2) is 6.29 Å². The second kappa shape index (κ2) is 7.21. The number of hydrogen-bond acceptors (Lipinski definition) is 3. The molecule has 0 N–H and O–H groups in total. The Kier molecular flexibility index (Phi) is 5.07. The summed E-state index contributed by atoms with van der Waals surface area (Å²) in [7, 11) is 0. The van der Waals surface area contributed by atoms with Crippen LogP contribution in [0.5, 0.6) is 0 Å². The van der Waals surface area contributed by atoms with Crippen LogP contribution in [-0.4, -0.2) is 19.0 Å². The lowest BCUT2D eigenvalue weighted by atomic mass is 9.84. The van der Waals surface area contributed by atoms with Gasteiger partial charge >= 0.3 is 0 Å². The van der Waals surface area contributed by atoms with E-state index in [0.717, 1.165) is 5.92 Å². The zero-order valence-electron chi connectivity index (χ0n) is 12.7. The average molecular weight is 288 g/mol. The van der Waals surface area contributed by atoms with Crippen molar-refractivity contribution in [3.8, 4) is 0 Å². The van der Waals surface area contributed by atoms with Crippen LogP contribution in [0, 0.1) is 0 Å². The molecule has 2 atom stereocenters. The smallest absolute Gasteiger partial charge is 0.188 e. The zero-order valence-corrected chi connectivity index (χ0v) is 12.7. The van der Waals surface area contributed by atoms with Gasteiger partial charge in [0.1, 0.15) is 6.10 Å². The molecule has 1 saturated carbocycles. The lowest BCUT2D eigenvalue weighted by Gasteiger charge is -2.23. The molecule has 114 valence electrons. The molecule has 1 saturated heterocycles. The molecule has 1 aliphatic heterocycles. The first kappa shape index (κ1) is 14.8. The van der Waals surface area contributed by atoms with Crippen molar-refractivity contribution in [3.63, 3.8) is 0 Å². The van der Waals surface area contributed by atoms with Gasteiger partial charge in [-0.15, -0.1) is 0 Å². The maximum absolute atomic E-state index is 5.38. The van der Waals surface area contributed by atoms with E-state index in [-0.39, 0.29) is 12.4 Å². The van der Waals surface area contributed by atoms with E-state index < -0.39 is 0 Å². The molecule has 1 aromatic rings. The Morgan fingerprint density at radius 1 is 1.00 bits per heavy atom.